The summed E-state index contributed by atoms with van der Waals surface area (Å²) in [5, 5.41) is 1.05. The molecule has 0 saturated heterocycles. The molecule has 1 aromatic heterocycles. The molecule has 0 saturated carbocycles. The maximum absolute atomic E-state index is 13.1. The van der Waals surface area contributed by atoms with E-state index in [0.29, 0.717) is 27.5 Å². The molecule has 0 atom stereocenters. The van der Waals surface area contributed by atoms with E-state index in [9.17, 15) is 18.0 Å². The van der Waals surface area contributed by atoms with E-state index in [4.69, 9.17) is 0 Å². The molecule has 0 aliphatic heterocycles. The van der Waals surface area contributed by atoms with Gasteiger partial charge in [-0.1, -0.05) is 54.2 Å². The van der Waals surface area contributed by atoms with Crippen molar-refractivity contribution < 1.29 is 13.2 Å². The molecule has 4 aromatic rings. The zero-order chi connectivity index (χ0) is 21.1. The van der Waals surface area contributed by atoms with Crippen LogP contribution in [-0.2, 0) is 5.75 Å². The Morgan fingerprint density at radius 2 is 1.53 bits per heavy atom. The quantitative estimate of drug-likeness (QED) is 0.268. The summed E-state index contributed by atoms with van der Waals surface area (Å²) >= 11 is 1.23. The first kappa shape index (κ1) is 20.6. The Labute approximate surface area is 179 Å². The van der Waals surface area contributed by atoms with Crippen LogP contribution in [0.4, 0.5) is 13.2 Å². The number of aromatic nitrogens is 2. The summed E-state index contributed by atoms with van der Waals surface area (Å²) in [7, 11) is 0. The summed E-state index contributed by atoms with van der Waals surface area (Å²) < 4.78 is 39.1. The molecule has 0 N–H and O–H groups in total. The molecule has 152 valence electrons. The summed E-state index contributed by atoms with van der Waals surface area (Å²) in [6, 6.07) is 22.6. The average Bonchev–Trinajstić information content (AvgIpc) is 2.73. The zero-order valence-electron chi connectivity index (χ0n) is 15.5. The third kappa shape index (κ3) is 4.71. The molecule has 8 heteroatoms. The number of hydrogen-bond acceptors (Lipinski definition) is 4. The first-order chi connectivity index (χ1) is 14.4. The average molecular weight is 445 g/mol. The molecule has 0 unspecified atom stereocenters. The van der Waals surface area contributed by atoms with Gasteiger partial charge in [0.2, 0.25) is 0 Å². The number of thioether (sulfide) groups is 2. The van der Waals surface area contributed by atoms with Gasteiger partial charge in [-0.25, -0.2) is 4.98 Å². The van der Waals surface area contributed by atoms with Crippen LogP contribution in [0.1, 0.15) is 5.56 Å². The summed E-state index contributed by atoms with van der Waals surface area (Å²) in [6.07, 6.45) is 0. The topological polar surface area (TPSA) is 34.9 Å². The zero-order valence-corrected chi connectivity index (χ0v) is 17.1. The van der Waals surface area contributed by atoms with E-state index in [-0.39, 0.29) is 22.2 Å². The highest BCUT2D eigenvalue weighted by atomic mass is 32.2. The molecule has 0 spiro atoms. The summed E-state index contributed by atoms with van der Waals surface area (Å²) in [5.41, 5.74) is -2.31. The van der Waals surface area contributed by atoms with Crippen molar-refractivity contribution in [2.45, 2.75) is 21.3 Å². The summed E-state index contributed by atoms with van der Waals surface area (Å²) in [5.74, 6) is 0.467. The van der Waals surface area contributed by atoms with Gasteiger partial charge in [0.05, 0.1) is 16.6 Å². The number of benzene rings is 3. The predicted octanol–water partition coefficient (Wildman–Crippen LogP) is 6.29. The molecule has 30 heavy (non-hydrogen) atoms. The Morgan fingerprint density at radius 3 is 2.23 bits per heavy atom. The standard InChI is InChI=1S/C22H15F3N2OS2/c23-22(24,25)30-17-12-10-15(11-13-17)14-29-21-26-19-9-5-4-8-18(19)20(28)27(21)16-6-2-1-3-7-16/h1-13H,14H2. The van der Waals surface area contributed by atoms with Crippen molar-refractivity contribution in [1.82, 2.24) is 9.55 Å². The summed E-state index contributed by atoms with van der Waals surface area (Å²) in [6.45, 7) is 0. The maximum Gasteiger partial charge on any atom is 0.446 e. The van der Waals surface area contributed by atoms with Crippen molar-refractivity contribution in [3.05, 3.63) is 94.8 Å². The lowest BCUT2D eigenvalue weighted by Gasteiger charge is -2.13. The van der Waals surface area contributed by atoms with Crippen LogP contribution in [0.5, 0.6) is 0 Å². The fourth-order valence-electron chi connectivity index (χ4n) is 2.95. The molecule has 1 heterocycles. The molecular formula is C22H15F3N2OS2. The minimum Gasteiger partial charge on any atom is -0.268 e. The van der Waals surface area contributed by atoms with E-state index in [1.807, 2.05) is 36.4 Å². The van der Waals surface area contributed by atoms with Crippen molar-refractivity contribution in [3.8, 4) is 5.69 Å². The smallest absolute Gasteiger partial charge is 0.268 e. The number of alkyl halides is 3. The molecular weight excluding hydrogens is 429 g/mol. The van der Waals surface area contributed by atoms with Gasteiger partial charge >= 0.3 is 5.51 Å². The highest BCUT2D eigenvalue weighted by Crippen LogP contribution is 2.37. The molecule has 0 aliphatic rings. The van der Waals surface area contributed by atoms with Gasteiger partial charge in [0, 0.05) is 10.6 Å². The largest absolute Gasteiger partial charge is 0.446 e. The molecule has 3 nitrogen and oxygen atoms in total. The van der Waals surface area contributed by atoms with Gasteiger partial charge in [-0.15, -0.1) is 0 Å². The van der Waals surface area contributed by atoms with Crippen LogP contribution in [0.3, 0.4) is 0 Å². The first-order valence-electron chi connectivity index (χ1n) is 8.95. The predicted molar refractivity (Wildman–Crippen MR) is 115 cm³/mol. The van der Waals surface area contributed by atoms with Crippen LogP contribution in [0.2, 0.25) is 0 Å². The van der Waals surface area contributed by atoms with E-state index in [0.717, 1.165) is 5.56 Å². The Bertz CT molecular complexity index is 1220. The Kier molecular flexibility index (Phi) is 5.87. The van der Waals surface area contributed by atoms with Gasteiger partial charge in [-0.3, -0.25) is 9.36 Å². The molecule has 0 amide bonds. The van der Waals surface area contributed by atoms with Crippen LogP contribution >= 0.6 is 23.5 Å². The lowest BCUT2D eigenvalue weighted by Crippen LogP contribution is -2.21. The van der Waals surface area contributed by atoms with Gasteiger partial charge in [-0.2, -0.15) is 13.2 Å². The first-order valence-corrected chi connectivity index (χ1v) is 10.8. The fraction of sp³-hybridized carbons (Fsp3) is 0.0909. The second-order valence-electron chi connectivity index (χ2n) is 6.37. The van der Waals surface area contributed by atoms with Gasteiger partial charge in [0.1, 0.15) is 0 Å². The van der Waals surface area contributed by atoms with Gasteiger partial charge in [-0.05, 0) is 53.7 Å². The van der Waals surface area contributed by atoms with Crippen molar-refractivity contribution in [2.24, 2.45) is 0 Å². The monoisotopic (exact) mass is 444 g/mol. The second-order valence-corrected chi connectivity index (χ2v) is 8.45. The fourth-order valence-corrected chi connectivity index (χ4v) is 4.46. The number of fused-ring (bicyclic) bond motifs is 1. The number of halogens is 3. The normalized spacial score (nSPS) is 11.7. The molecule has 4 rings (SSSR count). The van der Waals surface area contributed by atoms with E-state index >= 15 is 0 Å². The highest BCUT2D eigenvalue weighted by molar-refractivity contribution is 8.00. The van der Waals surface area contributed by atoms with Crippen LogP contribution in [0.25, 0.3) is 16.6 Å². The minimum atomic E-state index is -4.31. The molecule has 0 aliphatic carbocycles. The number of nitrogens with zero attached hydrogens (tertiary/aromatic N) is 2. The molecule has 0 bridgehead atoms. The molecule has 0 radical (unpaired) electrons. The Hall–Kier alpha value is -2.71. The number of para-hydroxylation sites is 2. The van der Waals surface area contributed by atoms with Crippen LogP contribution < -0.4 is 5.56 Å². The number of hydrogen-bond donors (Lipinski definition) is 0. The van der Waals surface area contributed by atoms with E-state index < -0.39 is 5.51 Å². The third-order valence-corrected chi connectivity index (χ3v) is 6.03. The van der Waals surface area contributed by atoms with Crippen molar-refractivity contribution in [2.75, 3.05) is 0 Å². The third-order valence-electron chi connectivity index (χ3n) is 4.28. The van der Waals surface area contributed by atoms with Gasteiger partial charge < -0.3 is 0 Å². The minimum absolute atomic E-state index is 0.138. The lowest BCUT2D eigenvalue weighted by molar-refractivity contribution is -0.0328. The van der Waals surface area contributed by atoms with Crippen molar-refractivity contribution >= 4 is 34.4 Å². The summed E-state index contributed by atoms with van der Waals surface area (Å²) in [4.78, 5) is 17.9. The van der Waals surface area contributed by atoms with Gasteiger partial charge in [0.15, 0.2) is 5.16 Å². The van der Waals surface area contributed by atoms with E-state index in [2.05, 4.69) is 4.98 Å². The lowest BCUT2D eigenvalue weighted by atomic mass is 10.2. The van der Waals surface area contributed by atoms with Crippen molar-refractivity contribution in [1.29, 1.82) is 0 Å². The van der Waals surface area contributed by atoms with E-state index in [1.54, 1.807) is 34.9 Å². The molecule has 0 fully saturated rings. The highest BCUT2D eigenvalue weighted by Gasteiger charge is 2.29. The van der Waals surface area contributed by atoms with Gasteiger partial charge in [0.25, 0.3) is 5.56 Å². The van der Waals surface area contributed by atoms with E-state index in [1.165, 1.54) is 23.9 Å². The van der Waals surface area contributed by atoms with Crippen LogP contribution in [0.15, 0.2) is 93.7 Å². The SMILES string of the molecule is O=c1c2ccccc2nc(SCc2ccc(SC(F)(F)F)cc2)n1-c1ccccc1. The maximum atomic E-state index is 13.1. The molecule has 3 aromatic carbocycles. The Balaban J connectivity index is 1.66. The second kappa shape index (κ2) is 8.57. The van der Waals surface area contributed by atoms with Crippen LogP contribution in [0, 0.1) is 0 Å². The number of rotatable bonds is 5. The Morgan fingerprint density at radius 1 is 0.867 bits per heavy atom. The van der Waals surface area contributed by atoms with Crippen LogP contribution in [-0.4, -0.2) is 15.1 Å². The van der Waals surface area contributed by atoms with Crippen molar-refractivity contribution in [3.63, 3.8) is 0 Å².